The van der Waals surface area contributed by atoms with E-state index in [1.165, 1.54) is 4.90 Å². The third-order valence-electron chi connectivity index (χ3n) is 2.80. The second kappa shape index (κ2) is 6.31. The summed E-state index contributed by atoms with van der Waals surface area (Å²) in [5.74, 6) is -0.897. The van der Waals surface area contributed by atoms with Crippen molar-refractivity contribution in [3.8, 4) is 0 Å². The van der Waals surface area contributed by atoms with Crippen LogP contribution in [0.3, 0.4) is 0 Å². The highest BCUT2D eigenvalue weighted by Crippen LogP contribution is 2.16. The second-order valence-electron chi connectivity index (χ2n) is 4.56. The molecule has 2 aromatic rings. The molecule has 0 spiro atoms. The molecular weight excluding hydrogens is 290 g/mol. The Morgan fingerprint density at radius 1 is 1.38 bits per heavy atom. The van der Waals surface area contributed by atoms with Gasteiger partial charge in [0.15, 0.2) is 0 Å². The van der Waals surface area contributed by atoms with Crippen LogP contribution in [0.1, 0.15) is 20.9 Å². The molecule has 0 aliphatic carbocycles. The Morgan fingerprint density at radius 3 is 2.71 bits per heavy atom. The van der Waals surface area contributed by atoms with Crippen LogP contribution in [-0.4, -0.2) is 32.8 Å². The summed E-state index contributed by atoms with van der Waals surface area (Å²) < 4.78 is 3.73. The van der Waals surface area contributed by atoms with Crippen molar-refractivity contribution in [1.82, 2.24) is 14.5 Å². The zero-order chi connectivity index (χ0) is 15.4. The van der Waals surface area contributed by atoms with Crippen molar-refractivity contribution in [1.29, 1.82) is 0 Å². The van der Waals surface area contributed by atoms with Crippen LogP contribution in [-0.2, 0) is 11.3 Å². The first-order valence-electron chi connectivity index (χ1n) is 6.18. The molecule has 2 amide bonds. The molecule has 0 saturated heterocycles. The van der Waals surface area contributed by atoms with E-state index in [1.807, 2.05) is 6.07 Å². The molecule has 1 aromatic heterocycles. The number of amides is 2. The summed E-state index contributed by atoms with van der Waals surface area (Å²) in [5, 5.41) is 3.81. The maximum atomic E-state index is 12.5. The van der Waals surface area contributed by atoms with Crippen LogP contribution in [0, 0.1) is 6.92 Å². The molecule has 8 heteroatoms. The summed E-state index contributed by atoms with van der Waals surface area (Å²) >= 11 is 0.998. The van der Waals surface area contributed by atoms with E-state index < -0.39 is 5.91 Å². The quantitative estimate of drug-likeness (QED) is 0.783. The molecule has 1 aromatic carbocycles. The monoisotopic (exact) mass is 305 g/mol. The van der Waals surface area contributed by atoms with Gasteiger partial charge < -0.3 is 16.4 Å². The molecule has 7 nitrogen and oxygen atoms in total. The normalized spacial score (nSPS) is 10.3. The minimum atomic E-state index is -0.581. The van der Waals surface area contributed by atoms with Gasteiger partial charge in [-0.05, 0) is 36.2 Å². The van der Waals surface area contributed by atoms with Gasteiger partial charge in [0, 0.05) is 12.2 Å². The minimum absolute atomic E-state index is 0.176. The van der Waals surface area contributed by atoms with Gasteiger partial charge in [0.2, 0.25) is 5.91 Å². The average molecular weight is 305 g/mol. The molecule has 0 bridgehead atoms. The molecular formula is C13H15N5O2S. The number of nitrogen functional groups attached to an aromatic ring is 1. The smallest absolute Gasteiger partial charge is 0.268 e. The summed E-state index contributed by atoms with van der Waals surface area (Å²) in [4.78, 5) is 25.4. The van der Waals surface area contributed by atoms with Crippen LogP contribution >= 0.6 is 11.5 Å². The summed E-state index contributed by atoms with van der Waals surface area (Å²) in [6.45, 7) is 1.76. The lowest BCUT2D eigenvalue weighted by molar-refractivity contribution is -0.118. The van der Waals surface area contributed by atoms with E-state index in [0.29, 0.717) is 16.3 Å². The Kier molecular flexibility index (Phi) is 4.49. The number of aryl methyl sites for hydroxylation is 1. The lowest BCUT2D eigenvalue weighted by Gasteiger charge is -2.20. The third kappa shape index (κ3) is 3.76. The molecule has 21 heavy (non-hydrogen) atoms. The fraction of sp³-hybridized carbons (Fsp3) is 0.231. The second-order valence-corrected chi connectivity index (χ2v) is 5.31. The number of hydrogen-bond acceptors (Lipinski definition) is 6. The van der Waals surface area contributed by atoms with E-state index in [4.69, 9.17) is 11.5 Å². The van der Waals surface area contributed by atoms with Gasteiger partial charge in [-0.15, -0.1) is 5.10 Å². The van der Waals surface area contributed by atoms with E-state index in [-0.39, 0.29) is 19.0 Å². The predicted octanol–water partition coefficient (Wildman–Crippen LogP) is 0.556. The molecule has 110 valence electrons. The van der Waals surface area contributed by atoms with Crippen LogP contribution in [0.15, 0.2) is 24.3 Å². The van der Waals surface area contributed by atoms with Gasteiger partial charge in [-0.2, -0.15) is 0 Å². The number of nitrogens with zero attached hydrogens (tertiary/aromatic N) is 3. The van der Waals surface area contributed by atoms with E-state index in [2.05, 4.69) is 9.59 Å². The predicted molar refractivity (Wildman–Crippen MR) is 79.4 cm³/mol. The number of hydrogen-bond donors (Lipinski definition) is 2. The summed E-state index contributed by atoms with van der Waals surface area (Å²) in [7, 11) is 0. The number of aromatic nitrogens is 2. The van der Waals surface area contributed by atoms with Gasteiger partial charge in [0.25, 0.3) is 5.91 Å². The molecule has 4 N–H and O–H groups in total. The maximum Gasteiger partial charge on any atom is 0.268 e. The summed E-state index contributed by atoms with van der Waals surface area (Å²) in [6, 6.07) is 7.12. The topological polar surface area (TPSA) is 115 Å². The van der Waals surface area contributed by atoms with Gasteiger partial charge in [-0.1, -0.05) is 16.6 Å². The first-order valence-corrected chi connectivity index (χ1v) is 6.95. The van der Waals surface area contributed by atoms with Crippen molar-refractivity contribution < 1.29 is 9.59 Å². The largest absolute Gasteiger partial charge is 0.399 e. The van der Waals surface area contributed by atoms with Gasteiger partial charge in [0.1, 0.15) is 11.4 Å². The van der Waals surface area contributed by atoms with Gasteiger partial charge in [0.05, 0.1) is 5.69 Å². The Bertz CT molecular complexity index is 670. The Labute approximate surface area is 125 Å². The Morgan fingerprint density at radius 2 is 2.14 bits per heavy atom. The van der Waals surface area contributed by atoms with Crippen molar-refractivity contribution in [2.24, 2.45) is 5.73 Å². The number of benzene rings is 1. The van der Waals surface area contributed by atoms with Crippen molar-refractivity contribution in [2.45, 2.75) is 13.5 Å². The molecule has 2 rings (SSSR count). The highest BCUT2D eigenvalue weighted by molar-refractivity contribution is 7.07. The van der Waals surface area contributed by atoms with Crippen molar-refractivity contribution in [2.75, 3.05) is 12.3 Å². The first kappa shape index (κ1) is 14.9. The molecule has 0 unspecified atom stereocenters. The van der Waals surface area contributed by atoms with Crippen LogP contribution in [0.5, 0.6) is 0 Å². The zero-order valence-electron chi connectivity index (χ0n) is 11.4. The highest BCUT2D eigenvalue weighted by atomic mass is 32.1. The third-order valence-corrected chi connectivity index (χ3v) is 3.62. The van der Waals surface area contributed by atoms with E-state index in [9.17, 15) is 9.59 Å². The molecule has 0 fully saturated rings. The molecule has 0 atom stereocenters. The van der Waals surface area contributed by atoms with Gasteiger partial charge in [-0.25, -0.2) is 0 Å². The summed E-state index contributed by atoms with van der Waals surface area (Å²) in [6.07, 6.45) is 0. The zero-order valence-corrected chi connectivity index (χ0v) is 12.3. The molecule has 1 heterocycles. The fourth-order valence-electron chi connectivity index (χ4n) is 1.87. The maximum absolute atomic E-state index is 12.5. The van der Waals surface area contributed by atoms with E-state index >= 15 is 0 Å². The SMILES string of the molecule is Cc1nnsc1C(=O)N(CC(N)=O)Cc1cccc(N)c1. The summed E-state index contributed by atoms with van der Waals surface area (Å²) in [5.41, 5.74) is 12.9. The Hall–Kier alpha value is -2.48. The number of anilines is 1. The van der Waals surface area contributed by atoms with Crippen LogP contribution in [0.25, 0.3) is 0 Å². The van der Waals surface area contributed by atoms with Crippen molar-refractivity contribution >= 4 is 29.0 Å². The Balaban J connectivity index is 2.24. The first-order chi connectivity index (χ1) is 9.97. The fourth-order valence-corrected chi connectivity index (χ4v) is 2.50. The lowest BCUT2D eigenvalue weighted by Crippen LogP contribution is -2.38. The molecule has 0 saturated carbocycles. The van der Waals surface area contributed by atoms with Crippen LogP contribution in [0.2, 0.25) is 0 Å². The van der Waals surface area contributed by atoms with E-state index in [0.717, 1.165) is 17.1 Å². The van der Waals surface area contributed by atoms with Gasteiger partial charge >= 0.3 is 0 Å². The molecule has 0 aliphatic heterocycles. The number of carbonyl (C=O) groups excluding carboxylic acids is 2. The number of primary amides is 1. The molecule has 0 aliphatic rings. The molecule has 0 radical (unpaired) electrons. The lowest BCUT2D eigenvalue weighted by atomic mass is 10.2. The number of carbonyl (C=O) groups is 2. The van der Waals surface area contributed by atoms with Crippen molar-refractivity contribution in [3.05, 3.63) is 40.4 Å². The minimum Gasteiger partial charge on any atom is -0.399 e. The van der Waals surface area contributed by atoms with Crippen LogP contribution < -0.4 is 11.5 Å². The number of nitrogens with two attached hydrogens (primary N) is 2. The van der Waals surface area contributed by atoms with Crippen LogP contribution in [0.4, 0.5) is 5.69 Å². The van der Waals surface area contributed by atoms with Gasteiger partial charge in [-0.3, -0.25) is 9.59 Å². The van der Waals surface area contributed by atoms with E-state index in [1.54, 1.807) is 25.1 Å². The standard InChI is InChI=1S/C13H15N5O2S/c1-8-12(21-17-16-8)13(20)18(7-11(15)19)6-9-3-2-4-10(14)5-9/h2-5H,6-7,14H2,1H3,(H2,15,19). The number of rotatable bonds is 5. The van der Waals surface area contributed by atoms with Crippen molar-refractivity contribution in [3.63, 3.8) is 0 Å². The highest BCUT2D eigenvalue weighted by Gasteiger charge is 2.22. The average Bonchev–Trinajstić information content (AvgIpc) is 2.83.